The van der Waals surface area contributed by atoms with Crippen molar-refractivity contribution >= 4 is 29.0 Å². The number of nitrogens with zero attached hydrogens (tertiary/aromatic N) is 4. The van der Waals surface area contributed by atoms with Crippen LogP contribution >= 0.6 is 23.1 Å². The molecule has 0 N–H and O–H groups in total. The van der Waals surface area contributed by atoms with Crippen LogP contribution in [0.4, 0.5) is 0 Å². The zero-order valence-corrected chi connectivity index (χ0v) is 18.0. The van der Waals surface area contributed by atoms with E-state index in [1.165, 1.54) is 0 Å². The maximum absolute atomic E-state index is 12.6. The van der Waals surface area contributed by atoms with E-state index >= 15 is 0 Å². The predicted molar refractivity (Wildman–Crippen MR) is 115 cm³/mol. The molecule has 2 aliphatic heterocycles. The van der Waals surface area contributed by atoms with Crippen LogP contribution in [-0.4, -0.2) is 83.4 Å². The monoisotopic (exact) mass is 420 g/mol. The zero-order valence-electron chi connectivity index (χ0n) is 16.4. The van der Waals surface area contributed by atoms with E-state index < -0.39 is 0 Å². The summed E-state index contributed by atoms with van der Waals surface area (Å²) in [5.41, 5.74) is 0.897. The van der Waals surface area contributed by atoms with Gasteiger partial charge < -0.3 is 14.3 Å². The predicted octanol–water partition coefficient (Wildman–Crippen LogP) is 2.87. The first-order chi connectivity index (χ1) is 13.7. The summed E-state index contributed by atoms with van der Waals surface area (Å²) in [4.78, 5) is 20.8. The number of thioether (sulfide) groups is 1. The van der Waals surface area contributed by atoms with Crippen molar-refractivity contribution in [2.75, 3.05) is 51.6 Å². The molecule has 2 saturated heterocycles. The second kappa shape index (κ2) is 9.43. The smallest absolute Gasteiger partial charge is 0.232 e. The van der Waals surface area contributed by atoms with Crippen LogP contribution in [-0.2, 0) is 10.5 Å². The first-order valence-electron chi connectivity index (χ1n) is 10.0. The zero-order chi connectivity index (χ0) is 19.3. The molecule has 0 saturated carbocycles. The van der Waals surface area contributed by atoms with E-state index in [1.54, 1.807) is 23.1 Å². The molecule has 0 aliphatic carbocycles. The fourth-order valence-corrected chi connectivity index (χ4v) is 5.44. The van der Waals surface area contributed by atoms with Crippen molar-refractivity contribution in [3.05, 3.63) is 29.3 Å². The van der Waals surface area contributed by atoms with Gasteiger partial charge in [-0.1, -0.05) is 18.1 Å². The Morgan fingerprint density at radius 2 is 2.18 bits per heavy atom. The number of hydrogen-bond acceptors (Lipinski definition) is 7. The minimum absolute atomic E-state index is 0.252. The first-order valence-corrected chi connectivity index (χ1v) is 12.1. The van der Waals surface area contributed by atoms with Crippen LogP contribution in [0.1, 0.15) is 19.0 Å². The number of hydrogen-bond donors (Lipinski definition) is 0. The lowest BCUT2D eigenvalue weighted by Crippen LogP contribution is -2.51. The number of amides is 1. The maximum atomic E-state index is 12.6. The van der Waals surface area contributed by atoms with E-state index in [0.717, 1.165) is 68.6 Å². The lowest BCUT2D eigenvalue weighted by Gasteiger charge is -2.37. The molecule has 2 aliphatic rings. The summed E-state index contributed by atoms with van der Waals surface area (Å²) < 4.78 is 5.41. The standard InChI is InChI=1S/C20H28N4O2S2/c1-2-22-7-9-23(10-8-22)17-5-6-24(13-17)20(25)15-27-14-16-12-18(26-21-16)19-4-3-11-28-19/h3-4,11-12,17H,2,5-10,13-15H2,1H3. The van der Waals surface area contributed by atoms with Gasteiger partial charge in [-0.25, -0.2) is 0 Å². The average molecular weight is 421 g/mol. The highest BCUT2D eigenvalue weighted by Gasteiger charge is 2.31. The number of likely N-dealkylation sites (N-methyl/N-ethyl adjacent to an activating group) is 1. The van der Waals surface area contributed by atoms with Crippen molar-refractivity contribution in [2.24, 2.45) is 0 Å². The van der Waals surface area contributed by atoms with Crippen molar-refractivity contribution < 1.29 is 9.32 Å². The van der Waals surface area contributed by atoms with Gasteiger partial charge in [0.15, 0.2) is 5.76 Å². The Kier molecular flexibility index (Phi) is 6.72. The van der Waals surface area contributed by atoms with Gasteiger partial charge in [0, 0.05) is 57.1 Å². The highest BCUT2D eigenvalue weighted by molar-refractivity contribution is 7.99. The summed E-state index contributed by atoms with van der Waals surface area (Å²) in [5.74, 6) is 2.28. The van der Waals surface area contributed by atoms with Crippen LogP contribution in [0, 0.1) is 0 Å². The van der Waals surface area contributed by atoms with E-state index in [2.05, 4.69) is 21.9 Å². The number of carbonyl (C=O) groups excluding carboxylic acids is 1. The Morgan fingerprint density at radius 3 is 2.93 bits per heavy atom. The van der Waals surface area contributed by atoms with Gasteiger partial charge in [0.2, 0.25) is 5.91 Å². The van der Waals surface area contributed by atoms with Gasteiger partial charge >= 0.3 is 0 Å². The first kappa shape index (κ1) is 19.9. The van der Waals surface area contributed by atoms with Crippen LogP contribution in [0.15, 0.2) is 28.1 Å². The SMILES string of the molecule is CCN1CCN(C2CCN(C(=O)CSCc3cc(-c4cccs4)on3)C2)CC1. The Balaban J connectivity index is 1.19. The van der Waals surface area contributed by atoms with E-state index in [9.17, 15) is 4.79 Å². The number of carbonyl (C=O) groups is 1. The molecule has 152 valence electrons. The lowest BCUT2D eigenvalue weighted by atomic mass is 10.2. The number of aromatic nitrogens is 1. The van der Waals surface area contributed by atoms with Gasteiger partial charge in [0.05, 0.1) is 16.3 Å². The number of likely N-dealkylation sites (tertiary alicyclic amines) is 1. The fraction of sp³-hybridized carbons (Fsp3) is 0.600. The third-order valence-electron chi connectivity index (χ3n) is 5.69. The molecule has 0 bridgehead atoms. The van der Waals surface area contributed by atoms with Crippen LogP contribution in [0.25, 0.3) is 10.6 Å². The summed E-state index contributed by atoms with van der Waals surface area (Å²) in [6, 6.07) is 6.54. The normalized spacial score (nSPS) is 21.5. The summed E-state index contributed by atoms with van der Waals surface area (Å²) in [6.07, 6.45) is 1.11. The van der Waals surface area contributed by atoms with Crippen LogP contribution in [0.5, 0.6) is 0 Å². The van der Waals surface area contributed by atoms with Crippen molar-refractivity contribution in [2.45, 2.75) is 25.1 Å². The average Bonchev–Trinajstić information content (AvgIpc) is 3.49. The number of piperazine rings is 1. The molecule has 2 aromatic rings. The molecule has 8 heteroatoms. The lowest BCUT2D eigenvalue weighted by molar-refractivity contribution is -0.127. The third kappa shape index (κ3) is 4.79. The van der Waals surface area contributed by atoms with Crippen molar-refractivity contribution in [3.63, 3.8) is 0 Å². The Morgan fingerprint density at radius 1 is 1.32 bits per heavy atom. The highest BCUT2D eigenvalue weighted by Crippen LogP contribution is 2.26. The highest BCUT2D eigenvalue weighted by atomic mass is 32.2. The van der Waals surface area contributed by atoms with Crippen molar-refractivity contribution in [3.8, 4) is 10.6 Å². The Labute approximate surface area is 174 Å². The molecular formula is C20H28N4O2S2. The molecular weight excluding hydrogens is 392 g/mol. The molecule has 6 nitrogen and oxygen atoms in total. The molecule has 4 heterocycles. The molecule has 0 aromatic carbocycles. The van der Waals surface area contributed by atoms with Gasteiger partial charge in [0.1, 0.15) is 0 Å². The minimum atomic E-state index is 0.252. The number of rotatable bonds is 7. The molecule has 2 fully saturated rings. The maximum Gasteiger partial charge on any atom is 0.232 e. The molecule has 1 atom stereocenters. The quantitative estimate of drug-likeness (QED) is 0.687. The van der Waals surface area contributed by atoms with Crippen molar-refractivity contribution in [1.82, 2.24) is 19.9 Å². The fourth-order valence-electron chi connectivity index (χ4n) is 3.96. The molecule has 0 radical (unpaired) electrons. The molecule has 0 spiro atoms. The van der Waals surface area contributed by atoms with Gasteiger partial charge in [-0.3, -0.25) is 9.69 Å². The summed E-state index contributed by atoms with van der Waals surface area (Å²) in [7, 11) is 0. The second-order valence-electron chi connectivity index (χ2n) is 7.41. The van der Waals surface area contributed by atoms with Gasteiger partial charge in [-0.05, 0) is 24.4 Å². The van der Waals surface area contributed by atoms with Gasteiger partial charge in [-0.15, -0.1) is 23.1 Å². The number of thiophene rings is 1. The van der Waals surface area contributed by atoms with Crippen molar-refractivity contribution in [1.29, 1.82) is 0 Å². The molecule has 4 rings (SSSR count). The summed E-state index contributed by atoms with van der Waals surface area (Å²) >= 11 is 3.26. The topological polar surface area (TPSA) is 52.8 Å². The van der Waals surface area contributed by atoms with E-state index in [0.29, 0.717) is 17.5 Å². The summed E-state index contributed by atoms with van der Waals surface area (Å²) in [6.45, 7) is 9.72. The summed E-state index contributed by atoms with van der Waals surface area (Å²) in [5, 5.41) is 6.15. The Hall–Kier alpha value is -1.35. The molecule has 1 amide bonds. The minimum Gasteiger partial charge on any atom is -0.355 e. The van der Waals surface area contributed by atoms with Gasteiger partial charge in [0.25, 0.3) is 0 Å². The Bertz CT molecular complexity index is 756. The van der Waals surface area contributed by atoms with E-state index in [-0.39, 0.29) is 5.91 Å². The molecule has 28 heavy (non-hydrogen) atoms. The van der Waals surface area contributed by atoms with Crippen LogP contribution in [0.2, 0.25) is 0 Å². The van der Waals surface area contributed by atoms with E-state index in [4.69, 9.17) is 4.52 Å². The van der Waals surface area contributed by atoms with Gasteiger partial charge in [-0.2, -0.15) is 0 Å². The molecule has 2 aromatic heterocycles. The largest absolute Gasteiger partial charge is 0.355 e. The van der Waals surface area contributed by atoms with Crippen LogP contribution in [0.3, 0.4) is 0 Å². The molecule has 1 unspecified atom stereocenters. The van der Waals surface area contributed by atoms with Crippen LogP contribution < -0.4 is 0 Å². The third-order valence-corrected chi connectivity index (χ3v) is 7.52. The second-order valence-corrected chi connectivity index (χ2v) is 9.34. The van der Waals surface area contributed by atoms with E-state index in [1.807, 2.05) is 28.5 Å².